The molecular formula is C17H26FN5O. The summed E-state index contributed by atoms with van der Waals surface area (Å²) in [6, 6.07) is 6.91. The molecule has 3 rings (SSSR count). The van der Waals surface area contributed by atoms with Crippen molar-refractivity contribution in [3.05, 3.63) is 30.1 Å². The number of hydrogen-bond donors (Lipinski definition) is 4. The molecule has 2 fully saturated rings. The molecule has 2 heterocycles. The van der Waals surface area contributed by atoms with Crippen LogP contribution in [0.4, 0.5) is 10.1 Å². The summed E-state index contributed by atoms with van der Waals surface area (Å²) in [5.74, 6) is 0.105. The smallest absolute Gasteiger partial charge is 0.238 e. The maximum absolute atomic E-state index is 13.7. The summed E-state index contributed by atoms with van der Waals surface area (Å²) < 4.78 is 13.7. The Hall–Kier alpha value is -1.70. The van der Waals surface area contributed by atoms with E-state index in [4.69, 9.17) is 0 Å². The minimum absolute atomic E-state index is 0.0345. The largest absolute Gasteiger partial charge is 0.372 e. The van der Waals surface area contributed by atoms with Crippen molar-refractivity contribution >= 4 is 11.6 Å². The number of amides is 1. The van der Waals surface area contributed by atoms with Gasteiger partial charge in [-0.25, -0.2) is 9.82 Å². The number of benzene rings is 1. The maximum atomic E-state index is 13.7. The Morgan fingerprint density at radius 1 is 1.38 bits per heavy atom. The first-order chi connectivity index (χ1) is 11.7. The van der Waals surface area contributed by atoms with Gasteiger partial charge in [0.2, 0.25) is 5.91 Å². The molecule has 4 N–H and O–H groups in total. The summed E-state index contributed by atoms with van der Waals surface area (Å²) in [7, 11) is 1.86. The zero-order chi connectivity index (χ0) is 16.9. The number of carbonyl (C=O) groups excluding carboxylic acids is 1. The van der Waals surface area contributed by atoms with Gasteiger partial charge >= 0.3 is 0 Å². The van der Waals surface area contributed by atoms with E-state index in [2.05, 4.69) is 21.5 Å². The molecule has 0 aliphatic carbocycles. The predicted molar refractivity (Wildman–Crippen MR) is 92.1 cm³/mol. The lowest BCUT2D eigenvalue weighted by atomic mass is 9.89. The van der Waals surface area contributed by atoms with Crippen molar-refractivity contribution in [3.63, 3.8) is 0 Å². The molecule has 24 heavy (non-hydrogen) atoms. The van der Waals surface area contributed by atoms with Crippen molar-refractivity contribution in [3.8, 4) is 0 Å². The molecule has 132 valence electrons. The van der Waals surface area contributed by atoms with Gasteiger partial charge in [0, 0.05) is 38.6 Å². The van der Waals surface area contributed by atoms with E-state index in [0.717, 1.165) is 25.9 Å². The zero-order valence-corrected chi connectivity index (χ0v) is 14.0. The molecule has 0 radical (unpaired) electrons. The van der Waals surface area contributed by atoms with Crippen LogP contribution in [0.3, 0.4) is 0 Å². The van der Waals surface area contributed by atoms with Gasteiger partial charge in [-0.1, -0.05) is 12.1 Å². The molecule has 7 heteroatoms. The molecular weight excluding hydrogens is 309 g/mol. The fourth-order valence-corrected chi connectivity index (χ4v) is 3.50. The minimum atomic E-state index is -0.221. The zero-order valence-electron chi connectivity index (χ0n) is 14.0. The van der Waals surface area contributed by atoms with Crippen LogP contribution in [0, 0.1) is 11.7 Å². The van der Waals surface area contributed by atoms with Crippen molar-refractivity contribution in [2.24, 2.45) is 5.92 Å². The number of hydrogen-bond acceptors (Lipinski definition) is 5. The molecule has 2 aliphatic heterocycles. The van der Waals surface area contributed by atoms with Crippen molar-refractivity contribution in [2.45, 2.75) is 24.9 Å². The first-order valence-corrected chi connectivity index (χ1v) is 8.62. The normalized spacial score (nSPS) is 26.0. The average Bonchev–Trinajstić information content (AvgIpc) is 3.03. The van der Waals surface area contributed by atoms with Crippen LogP contribution in [-0.2, 0) is 4.79 Å². The van der Waals surface area contributed by atoms with Gasteiger partial charge in [0.15, 0.2) is 0 Å². The van der Waals surface area contributed by atoms with Crippen LogP contribution in [0.15, 0.2) is 24.3 Å². The van der Waals surface area contributed by atoms with E-state index in [1.807, 2.05) is 18.0 Å². The van der Waals surface area contributed by atoms with Crippen LogP contribution < -0.4 is 26.4 Å². The number of nitrogens with zero attached hydrogens (tertiary/aromatic N) is 1. The monoisotopic (exact) mass is 335 g/mol. The number of halogens is 1. The van der Waals surface area contributed by atoms with Gasteiger partial charge < -0.3 is 15.5 Å². The fraction of sp³-hybridized carbons (Fsp3) is 0.588. The van der Waals surface area contributed by atoms with E-state index in [9.17, 15) is 9.18 Å². The predicted octanol–water partition coefficient (Wildman–Crippen LogP) is 0.223. The lowest BCUT2D eigenvalue weighted by Gasteiger charge is -2.27. The van der Waals surface area contributed by atoms with Crippen molar-refractivity contribution in [1.29, 1.82) is 0 Å². The highest BCUT2D eigenvalue weighted by Gasteiger charge is 2.40. The first kappa shape index (κ1) is 17.1. The van der Waals surface area contributed by atoms with E-state index in [0.29, 0.717) is 30.7 Å². The highest BCUT2D eigenvalue weighted by Crippen LogP contribution is 2.20. The van der Waals surface area contributed by atoms with E-state index in [1.165, 1.54) is 6.07 Å². The van der Waals surface area contributed by atoms with Crippen LogP contribution in [0.25, 0.3) is 0 Å². The van der Waals surface area contributed by atoms with Crippen molar-refractivity contribution < 1.29 is 9.18 Å². The Balaban J connectivity index is 1.40. The molecule has 6 nitrogen and oxygen atoms in total. The van der Waals surface area contributed by atoms with Gasteiger partial charge in [-0.15, -0.1) is 0 Å². The standard InChI is InChI=1S/C17H26FN5O/c1-23(15-6-3-2-5-13(15)18)10-4-8-20-17(24)16-12-11-19-9-7-14(12)21-22-16/h2-3,5-6,12,14,16,19,21-22H,4,7-11H2,1H3,(H,20,24). The summed E-state index contributed by atoms with van der Waals surface area (Å²) in [4.78, 5) is 14.2. The first-order valence-electron chi connectivity index (χ1n) is 8.62. The van der Waals surface area contributed by atoms with Crippen molar-refractivity contribution in [2.75, 3.05) is 38.1 Å². The summed E-state index contributed by atoms with van der Waals surface area (Å²) in [5, 5.41) is 6.33. The van der Waals surface area contributed by atoms with Crippen LogP contribution in [-0.4, -0.2) is 51.2 Å². The van der Waals surface area contributed by atoms with Gasteiger partial charge in [0.05, 0.1) is 5.69 Å². The number of hydrazine groups is 1. The van der Waals surface area contributed by atoms with E-state index >= 15 is 0 Å². The highest BCUT2D eigenvalue weighted by molar-refractivity contribution is 5.82. The Morgan fingerprint density at radius 2 is 2.21 bits per heavy atom. The summed E-state index contributed by atoms with van der Waals surface area (Å²) in [6.45, 7) is 3.12. The third kappa shape index (κ3) is 3.85. The van der Waals surface area contributed by atoms with Gasteiger partial charge in [0.25, 0.3) is 0 Å². The van der Waals surface area contributed by atoms with Crippen LogP contribution >= 0.6 is 0 Å². The van der Waals surface area contributed by atoms with E-state index < -0.39 is 0 Å². The Kier molecular flexibility index (Phi) is 5.65. The number of rotatable bonds is 6. The topological polar surface area (TPSA) is 68.4 Å². The van der Waals surface area contributed by atoms with E-state index in [-0.39, 0.29) is 17.8 Å². The van der Waals surface area contributed by atoms with Crippen LogP contribution in [0.2, 0.25) is 0 Å². The molecule has 0 spiro atoms. The molecule has 3 atom stereocenters. The van der Waals surface area contributed by atoms with Crippen molar-refractivity contribution in [1.82, 2.24) is 21.5 Å². The second-order valence-corrected chi connectivity index (χ2v) is 6.55. The summed E-state index contributed by atoms with van der Waals surface area (Å²) in [5.41, 5.74) is 6.93. The molecule has 1 aromatic carbocycles. The lowest BCUT2D eigenvalue weighted by molar-refractivity contribution is -0.123. The summed E-state index contributed by atoms with van der Waals surface area (Å²) >= 11 is 0. The molecule has 0 aromatic heterocycles. The van der Waals surface area contributed by atoms with Crippen LogP contribution in [0.5, 0.6) is 0 Å². The summed E-state index contributed by atoms with van der Waals surface area (Å²) in [6.07, 6.45) is 1.80. The number of para-hydroxylation sites is 1. The fourth-order valence-electron chi connectivity index (χ4n) is 3.50. The number of fused-ring (bicyclic) bond motifs is 1. The second kappa shape index (κ2) is 7.92. The maximum Gasteiger partial charge on any atom is 0.238 e. The molecule has 0 saturated carbocycles. The van der Waals surface area contributed by atoms with Gasteiger partial charge in [0.1, 0.15) is 11.9 Å². The Morgan fingerprint density at radius 3 is 3.04 bits per heavy atom. The molecule has 0 bridgehead atoms. The second-order valence-electron chi connectivity index (χ2n) is 6.55. The molecule has 1 amide bonds. The molecule has 2 saturated heterocycles. The van der Waals surface area contributed by atoms with Gasteiger partial charge in [-0.3, -0.25) is 10.2 Å². The number of carbonyl (C=O) groups is 1. The number of nitrogens with one attached hydrogen (secondary N) is 4. The SMILES string of the molecule is CN(CCCNC(=O)C1NNC2CCNCC21)c1ccccc1F. The Bertz CT molecular complexity index is 570. The molecule has 3 unspecified atom stereocenters. The Labute approximate surface area is 142 Å². The number of piperidine rings is 1. The van der Waals surface area contributed by atoms with Gasteiger partial charge in [-0.2, -0.15) is 0 Å². The third-order valence-corrected chi connectivity index (χ3v) is 4.90. The highest BCUT2D eigenvalue weighted by atomic mass is 19.1. The molecule has 2 aliphatic rings. The van der Waals surface area contributed by atoms with E-state index in [1.54, 1.807) is 12.1 Å². The quantitative estimate of drug-likeness (QED) is 0.560. The molecule has 1 aromatic rings. The van der Waals surface area contributed by atoms with Gasteiger partial charge in [-0.05, 0) is 31.5 Å². The number of anilines is 1. The van der Waals surface area contributed by atoms with Crippen LogP contribution in [0.1, 0.15) is 12.8 Å². The third-order valence-electron chi connectivity index (χ3n) is 4.90. The average molecular weight is 335 g/mol. The lowest BCUT2D eigenvalue weighted by Crippen LogP contribution is -2.49. The minimum Gasteiger partial charge on any atom is -0.372 e.